The molecule has 18 heavy (non-hydrogen) atoms. The van der Waals surface area contributed by atoms with E-state index in [0.717, 1.165) is 16.8 Å². The van der Waals surface area contributed by atoms with Crippen LogP contribution in [0.2, 0.25) is 10.0 Å². The van der Waals surface area contributed by atoms with Crippen molar-refractivity contribution in [2.45, 2.75) is 19.4 Å². The first kappa shape index (κ1) is 13.3. The van der Waals surface area contributed by atoms with E-state index in [2.05, 4.69) is 4.98 Å². The second-order valence-corrected chi connectivity index (χ2v) is 5.15. The molecule has 0 fully saturated rings. The van der Waals surface area contributed by atoms with Gasteiger partial charge in [0.2, 0.25) is 0 Å². The Kier molecular flexibility index (Phi) is 4.23. The molecule has 0 bridgehead atoms. The van der Waals surface area contributed by atoms with Gasteiger partial charge in [-0.25, -0.2) is 0 Å². The molecule has 1 aromatic carbocycles. The number of halogens is 2. The largest absolute Gasteiger partial charge is 0.324 e. The fourth-order valence-corrected chi connectivity index (χ4v) is 2.19. The van der Waals surface area contributed by atoms with Crippen molar-refractivity contribution in [3.05, 3.63) is 63.4 Å². The third-order valence-electron chi connectivity index (χ3n) is 2.76. The molecule has 94 valence electrons. The van der Waals surface area contributed by atoms with Gasteiger partial charge in [-0.2, -0.15) is 0 Å². The summed E-state index contributed by atoms with van der Waals surface area (Å²) in [4.78, 5) is 4.34. The predicted molar refractivity (Wildman–Crippen MR) is 76.1 cm³/mol. The maximum atomic E-state index is 6.15. The Labute approximate surface area is 117 Å². The second-order valence-electron chi connectivity index (χ2n) is 4.30. The first-order valence-corrected chi connectivity index (χ1v) is 6.44. The SMILES string of the molecule is Cc1ccc(CC(N)c2cc(Cl)ccc2Cl)nc1. The van der Waals surface area contributed by atoms with Crippen LogP contribution in [-0.2, 0) is 6.42 Å². The Morgan fingerprint density at radius 3 is 2.67 bits per heavy atom. The molecule has 0 saturated carbocycles. The average Bonchev–Trinajstić information content (AvgIpc) is 2.35. The number of benzene rings is 1. The minimum atomic E-state index is -0.202. The van der Waals surface area contributed by atoms with Crippen molar-refractivity contribution in [3.8, 4) is 0 Å². The van der Waals surface area contributed by atoms with E-state index in [-0.39, 0.29) is 6.04 Å². The van der Waals surface area contributed by atoms with Gasteiger partial charge in [-0.3, -0.25) is 4.98 Å². The summed E-state index contributed by atoms with van der Waals surface area (Å²) in [5.74, 6) is 0. The monoisotopic (exact) mass is 280 g/mol. The molecule has 0 amide bonds. The van der Waals surface area contributed by atoms with Gasteiger partial charge in [0.1, 0.15) is 0 Å². The third kappa shape index (κ3) is 3.22. The van der Waals surface area contributed by atoms with Crippen molar-refractivity contribution in [2.75, 3.05) is 0 Å². The zero-order valence-electron chi connectivity index (χ0n) is 10.0. The van der Waals surface area contributed by atoms with Crippen molar-refractivity contribution >= 4 is 23.2 Å². The highest BCUT2D eigenvalue weighted by Crippen LogP contribution is 2.26. The number of pyridine rings is 1. The lowest BCUT2D eigenvalue weighted by molar-refractivity contribution is 0.706. The average molecular weight is 281 g/mol. The molecule has 1 heterocycles. The van der Waals surface area contributed by atoms with Crippen LogP contribution >= 0.6 is 23.2 Å². The van der Waals surface area contributed by atoms with E-state index in [1.807, 2.05) is 31.3 Å². The molecule has 2 aromatic rings. The summed E-state index contributed by atoms with van der Waals surface area (Å²) in [7, 11) is 0. The lowest BCUT2D eigenvalue weighted by Crippen LogP contribution is -2.14. The number of nitrogens with two attached hydrogens (primary N) is 1. The summed E-state index contributed by atoms with van der Waals surface area (Å²) in [6.45, 7) is 2.00. The first-order chi connectivity index (χ1) is 8.56. The molecular formula is C14H14Cl2N2. The van der Waals surface area contributed by atoms with Crippen molar-refractivity contribution in [3.63, 3.8) is 0 Å². The van der Waals surface area contributed by atoms with E-state index in [9.17, 15) is 0 Å². The Hall–Kier alpha value is -1.09. The van der Waals surface area contributed by atoms with E-state index in [4.69, 9.17) is 28.9 Å². The summed E-state index contributed by atoms with van der Waals surface area (Å²) < 4.78 is 0. The van der Waals surface area contributed by atoms with Crippen LogP contribution in [-0.4, -0.2) is 4.98 Å². The maximum absolute atomic E-state index is 6.15. The molecule has 2 rings (SSSR count). The van der Waals surface area contributed by atoms with Crippen LogP contribution in [0, 0.1) is 6.92 Å². The Balaban J connectivity index is 2.18. The molecule has 1 atom stereocenters. The van der Waals surface area contributed by atoms with Crippen LogP contribution in [0.1, 0.15) is 22.9 Å². The standard InChI is InChI=1S/C14H14Cl2N2/c1-9-2-4-11(18-8-9)7-14(17)12-6-10(15)3-5-13(12)16/h2-6,8,14H,7,17H2,1H3. The van der Waals surface area contributed by atoms with Crippen molar-refractivity contribution < 1.29 is 0 Å². The van der Waals surface area contributed by atoms with E-state index in [0.29, 0.717) is 16.5 Å². The molecule has 1 unspecified atom stereocenters. The number of aromatic nitrogens is 1. The van der Waals surface area contributed by atoms with Gasteiger partial charge in [0.05, 0.1) is 0 Å². The van der Waals surface area contributed by atoms with E-state index in [1.54, 1.807) is 12.1 Å². The fourth-order valence-electron chi connectivity index (χ4n) is 1.75. The van der Waals surface area contributed by atoms with Gasteiger partial charge in [0, 0.05) is 34.4 Å². The van der Waals surface area contributed by atoms with Gasteiger partial charge in [-0.15, -0.1) is 0 Å². The molecule has 2 nitrogen and oxygen atoms in total. The molecule has 0 saturated heterocycles. The Bertz CT molecular complexity index is 538. The van der Waals surface area contributed by atoms with E-state index >= 15 is 0 Å². The van der Waals surface area contributed by atoms with Gasteiger partial charge < -0.3 is 5.73 Å². The maximum Gasteiger partial charge on any atom is 0.0454 e. The topological polar surface area (TPSA) is 38.9 Å². The van der Waals surface area contributed by atoms with Gasteiger partial charge in [-0.05, 0) is 42.3 Å². The molecule has 0 aliphatic rings. The van der Waals surface area contributed by atoms with Crippen LogP contribution in [0.5, 0.6) is 0 Å². The molecule has 0 radical (unpaired) electrons. The summed E-state index contributed by atoms with van der Waals surface area (Å²) in [5.41, 5.74) is 9.09. The summed E-state index contributed by atoms with van der Waals surface area (Å²) in [6.07, 6.45) is 2.47. The van der Waals surface area contributed by atoms with Crippen molar-refractivity contribution in [1.29, 1.82) is 0 Å². The molecule has 4 heteroatoms. The fraction of sp³-hybridized carbons (Fsp3) is 0.214. The highest BCUT2D eigenvalue weighted by Gasteiger charge is 2.12. The number of hydrogen-bond acceptors (Lipinski definition) is 2. The van der Waals surface area contributed by atoms with Crippen LogP contribution in [0.3, 0.4) is 0 Å². The van der Waals surface area contributed by atoms with Gasteiger partial charge >= 0.3 is 0 Å². The minimum Gasteiger partial charge on any atom is -0.324 e. The zero-order chi connectivity index (χ0) is 13.1. The molecule has 2 N–H and O–H groups in total. The second kappa shape index (κ2) is 5.70. The lowest BCUT2D eigenvalue weighted by Gasteiger charge is -2.13. The molecule has 0 aliphatic heterocycles. The van der Waals surface area contributed by atoms with E-state index < -0.39 is 0 Å². The van der Waals surface area contributed by atoms with Crippen LogP contribution in [0.4, 0.5) is 0 Å². The number of nitrogens with zero attached hydrogens (tertiary/aromatic N) is 1. The van der Waals surface area contributed by atoms with Gasteiger partial charge in [-0.1, -0.05) is 29.3 Å². The highest BCUT2D eigenvalue weighted by molar-refractivity contribution is 6.33. The number of hydrogen-bond donors (Lipinski definition) is 1. The van der Waals surface area contributed by atoms with Crippen molar-refractivity contribution in [2.24, 2.45) is 5.73 Å². The Morgan fingerprint density at radius 2 is 2.00 bits per heavy atom. The minimum absolute atomic E-state index is 0.202. The first-order valence-electron chi connectivity index (χ1n) is 5.68. The Morgan fingerprint density at radius 1 is 1.22 bits per heavy atom. The highest BCUT2D eigenvalue weighted by atomic mass is 35.5. The molecule has 0 spiro atoms. The van der Waals surface area contributed by atoms with Crippen LogP contribution < -0.4 is 5.73 Å². The molecule has 0 aliphatic carbocycles. The van der Waals surface area contributed by atoms with Crippen LogP contribution in [0.25, 0.3) is 0 Å². The predicted octanol–water partition coefficient (Wildman–Crippen LogP) is 3.94. The van der Waals surface area contributed by atoms with Gasteiger partial charge in [0.25, 0.3) is 0 Å². The number of rotatable bonds is 3. The van der Waals surface area contributed by atoms with Crippen LogP contribution in [0.15, 0.2) is 36.5 Å². The number of aryl methyl sites for hydroxylation is 1. The summed E-state index contributed by atoms with van der Waals surface area (Å²) >= 11 is 12.1. The van der Waals surface area contributed by atoms with Gasteiger partial charge in [0.15, 0.2) is 0 Å². The third-order valence-corrected chi connectivity index (χ3v) is 3.34. The molecule has 1 aromatic heterocycles. The lowest BCUT2D eigenvalue weighted by atomic mass is 10.0. The quantitative estimate of drug-likeness (QED) is 0.925. The smallest absolute Gasteiger partial charge is 0.0454 e. The summed E-state index contributed by atoms with van der Waals surface area (Å²) in [5, 5.41) is 1.28. The molecular weight excluding hydrogens is 267 g/mol. The zero-order valence-corrected chi connectivity index (χ0v) is 11.5. The summed E-state index contributed by atoms with van der Waals surface area (Å²) in [6, 6.07) is 9.13. The van der Waals surface area contributed by atoms with Crippen molar-refractivity contribution in [1.82, 2.24) is 4.98 Å². The van der Waals surface area contributed by atoms with E-state index in [1.165, 1.54) is 0 Å². The normalized spacial score (nSPS) is 12.4.